The fourth-order valence-corrected chi connectivity index (χ4v) is 4.15. The molecule has 0 unspecified atom stereocenters. The molecule has 0 aliphatic heterocycles. The maximum Gasteiger partial charge on any atom is 0.244 e. The monoisotopic (exact) mass is 449 g/mol. The number of hydrazone groups is 1. The number of nitrogens with one attached hydrogen (secondary N) is 1. The lowest BCUT2D eigenvalue weighted by atomic mass is 10.0. The molecule has 4 aromatic rings. The number of hydrogen-bond donors (Lipinski definition) is 1. The lowest BCUT2D eigenvalue weighted by molar-refractivity contribution is -0.120. The number of benzene rings is 3. The molecule has 1 aromatic heterocycles. The predicted molar refractivity (Wildman–Crippen MR) is 129 cm³/mol. The molecule has 4 rings (SSSR count). The highest BCUT2D eigenvalue weighted by molar-refractivity contribution is 6.34. The Morgan fingerprint density at radius 1 is 1.03 bits per heavy atom. The molecular formula is C25H21Cl2N3O. The van der Waals surface area contributed by atoms with Gasteiger partial charge in [0.2, 0.25) is 5.91 Å². The molecule has 1 amide bonds. The van der Waals surface area contributed by atoms with Crippen molar-refractivity contribution in [1.29, 1.82) is 0 Å². The van der Waals surface area contributed by atoms with Gasteiger partial charge >= 0.3 is 0 Å². The van der Waals surface area contributed by atoms with Crippen LogP contribution in [0.15, 0.2) is 71.8 Å². The summed E-state index contributed by atoms with van der Waals surface area (Å²) in [4.78, 5) is 12.4. The fourth-order valence-electron chi connectivity index (χ4n) is 3.78. The zero-order valence-corrected chi connectivity index (χ0v) is 18.7. The van der Waals surface area contributed by atoms with Gasteiger partial charge in [0.25, 0.3) is 0 Å². The van der Waals surface area contributed by atoms with E-state index in [-0.39, 0.29) is 12.3 Å². The van der Waals surface area contributed by atoms with Gasteiger partial charge in [0, 0.05) is 22.0 Å². The number of carbonyl (C=O) groups excluding carboxylic acids is 1. The van der Waals surface area contributed by atoms with E-state index in [9.17, 15) is 4.79 Å². The number of amides is 1. The second kappa shape index (κ2) is 8.96. The van der Waals surface area contributed by atoms with Crippen LogP contribution in [-0.4, -0.2) is 16.7 Å². The molecule has 0 saturated heterocycles. The third-order valence-corrected chi connectivity index (χ3v) is 5.80. The number of aryl methyl sites for hydroxylation is 1. The summed E-state index contributed by atoms with van der Waals surface area (Å²) in [6.07, 6.45) is 1.91. The van der Waals surface area contributed by atoms with Crippen LogP contribution in [0.5, 0.6) is 0 Å². The third-order valence-electron chi connectivity index (χ3n) is 5.24. The van der Waals surface area contributed by atoms with Gasteiger partial charge in [0.15, 0.2) is 0 Å². The van der Waals surface area contributed by atoms with Gasteiger partial charge in [-0.2, -0.15) is 5.10 Å². The first-order valence-electron chi connectivity index (χ1n) is 9.87. The van der Waals surface area contributed by atoms with Crippen molar-refractivity contribution in [2.75, 3.05) is 0 Å². The molecule has 1 heterocycles. The zero-order chi connectivity index (χ0) is 22.0. The minimum absolute atomic E-state index is 0.167. The van der Waals surface area contributed by atoms with Gasteiger partial charge in [-0.25, -0.2) is 5.43 Å². The van der Waals surface area contributed by atoms with Crippen molar-refractivity contribution < 1.29 is 4.79 Å². The lowest BCUT2D eigenvalue weighted by Crippen LogP contribution is -2.19. The van der Waals surface area contributed by atoms with Crippen LogP contribution in [0, 0.1) is 13.8 Å². The maximum absolute atomic E-state index is 12.4. The number of aromatic nitrogens is 1. The molecule has 0 fully saturated rings. The van der Waals surface area contributed by atoms with Crippen molar-refractivity contribution in [3.8, 4) is 5.69 Å². The standard InChI is InChI=1S/C25H21Cl2N3O/c1-16-12-20(17(2)30(16)24-14-21(26)10-11-23(24)27)15-28-29-25(31)13-19-8-5-7-18-6-3-4-9-22(18)19/h3-12,14-15H,13H2,1-2H3,(H,29,31)/b28-15-. The third kappa shape index (κ3) is 4.50. The van der Waals surface area contributed by atoms with Crippen LogP contribution in [-0.2, 0) is 11.2 Å². The van der Waals surface area contributed by atoms with Gasteiger partial charge in [0.1, 0.15) is 0 Å². The molecule has 0 radical (unpaired) electrons. The van der Waals surface area contributed by atoms with Crippen molar-refractivity contribution in [1.82, 2.24) is 9.99 Å². The van der Waals surface area contributed by atoms with E-state index < -0.39 is 0 Å². The van der Waals surface area contributed by atoms with Gasteiger partial charge in [-0.1, -0.05) is 65.7 Å². The van der Waals surface area contributed by atoms with Crippen LogP contribution >= 0.6 is 23.2 Å². The molecule has 1 N–H and O–H groups in total. The van der Waals surface area contributed by atoms with Gasteiger partial charge in [-0.05, 0) is 54.4 Å². The fraction of sp³-hybridized carbons (Fsp3) is 0.120. The summed E-state index contributed by atoms with van der Waals surface area (Å²) < 4.78 is 2.02. The van der Waals surface area contributed by atoms with Gasteiger partial charge in [-0.3, -0.25) is 4.79 Å². The summed E-state index contributed by atoms with van der Waals surface area (Å²) in [7, 11) is 0. The van der Waals surface area contributed by atoms with Crippen LogP contribution in [0.2, 0.25) is 10.0 Å². The van der Waals surface area contributed by atoms with E-state index in [4.69, 9.17) is 23.2 Å². The van der Waals surface area contributed by atoms with E-state index in [1.807, 2.05) is 73.0 Å². The van der Waals surface area contributed by atoms with Crippen LogP contribution in [0.3, 0.4) is 0 Å². The van der Waals surface area contributed by atoms with Crippen LogP contribution in [0.25, 0.3) is 16.5 Å². The molecule has 31 heavy (non-hydrogen) atoms. The summed E-state index contributed by atoms with van der Waals surface area (Å²) in [5.41, 5.74) is 7.25. The van der Waals surface area contributed by atoms with E-state index in [0.29, 0.717) is 10.0 Å². The topological polar surface area (TPSA) is 46.4 Å². The zero-order valence-electron chi connectivity index (χ0n) is 17.2. The quantitative estimate of drug-likeness (QED) is 0.284. The Kier molecular flexibility index (Phi) is 6.12. The van der Waals surface area contributed by atoms with E-state index in [1.54, 1.807) is 18.3 Å². The molecule has 0 aliphatic rings. The molecule has 0 atom stereocenters. The van der Waals surface area contributed by atoms with E-state index in [0.717, 1.165) is 39.0 Å². The molecule has 0 bridgehead atoms. The first kappa shape index (κ1) is 21.2. The number of fused-ring (bicyclic) bond motifs is 1. The first-order valence-corrected chi connectivity index (χ1v) is 10.6. The summed E-state index contributed by atoms with van der Waals surface area (Å²) in [6.45, 7) is 3.96. The number of rotatable bonds is 5. The molecule has 0 aliphatic carbocycles. The molecule has 156 valence electrons. The average molecular weight is 450 g/mol. The van der Waals surface area contributed by atoms with E-state index >= 15 is 0 Å². The minimum atomic E-state index is -0.167. The largest absolute Gasteiger partial charge is 0.316 e. The predicted octanol–water partition coefficient (Wildman–Crippen LogP) is 6.25. The lowest BCUT2D eigenvalue weighted by Gasteiger charge is -2.12. The van der Waals surface area contributed by atoms with Gasteiger partial charge < -0.3 is 4.57 Å². The normalized spacial score (nSPS) is 11.4. The highest BCUT2D eigenvalue weighted by Crippen LogP contribution is 2.28. The smallest absolute Gasteiger partial charge is 0.244 e. The SMILES string of the molecule is Cc1cc(/C=N\NC(=O)Cc2cccc3ccccc23)c(C)n1-c1cc(Cl)ccc1Cl. The van der Waals surface area contributed by atoms with Crippen LogP contribution < -0.4 is 5.43 Å². The second-order valence-electron chi connectivity index (χ2n) is 7.37. The van der Waals surface area contributed by atoms with Gasteiger partial charge in [-0.15, -0.1) is 0 Å². The molecule has 0 spiro atoms. The first-order chi connectivity index (χ1) is 14.9. The van der Waals surface area contributed by atoms with Crippen molar-refractivity contribution in [3.05, 3.63) is 99.3 Å². The highest BCUT2D eigenvalue weighted by atomic mass is 35.5. The van der Waals surface area contributed by atoms with Gasteiger partial charge in [0.05, 0.1) is 23.3 Å². The molecule has 6 heteroatoms. The van der Waals surface area contributed by atoms with Crippen molar-refractivity contribution in [2.24, 2.45) is 5.10 Å². The Balaban J connectivity index is 1.50. The van der Waals surface area contributed by atoms with Crippen molar-refractivity contribution in [2.45, 2.75) is 20.3 Å². The summed E-state index contributed by atoms with van der Waals surface area (Å²) in [5, 5.41) is 7.58. The number of hydrogen-bond acceptors (Lipinski definition) is 2. The number of nitrogens with zero attached hydrogens (tertiary/aromatic N) is 2. The Hall–Kier alpha value is -3.08. The molecular weight excluding hydrogens is 429 g/mol. The second-order valence-corrected chi connectivity index (χ2v) is 8.21. The maximum atomic E-state index is 12.4. The molecule has 4 nitrogen and oxygen atoms in total. The van der Waals surface area contributed by atoms with Crippen LogP contribution in [0.1, 0.15) is 22.5 Å². The summed E-state index contributed by atoms with van der Waals surface area (Å²) >= 11 is 12.5. The number of carbonyl (C=O) groups is 1. The summed E-state index contributed by atoms with van der Waals surface area (Å²) in [5.74, 6) is -0.167. The minimum Gasteiger partial charge on any atom is -0.316 e. The Morgan fingerprint density at radius 2 is 1.81 bits per heavy atom. The Labute approximate surface area is 191 Å². The average Bonchev–Trinajstić information content (AvgIpc) is 3.03. The van der Waals surface area contributed by atoms with Crippen molar-refractivity contribution in [3.63, 3.8) is 0 Å². The highest BCUT2D eigenvalue weighted by Gasteiger charge is 2.13. The Bertz CT molecular complexity index is 1300. The number of halogens is 2. The van der Waals surface area contributed by atoms with Crippen molar-refractivity contribution >= 4 is 46.1 Å². The van der Waals surface area contributed by atoms with Crippen LogP contribution in [0.4, 0.5) is 0 Å². The van der Waals surface area contributed by atoms with E-state index in [1.165, 1.54) is 0 Å². The molecule has 0 saturated carbocycles. The summed E-state index contributed by atoms with van der Waals surface area (Å²) in [6, 6.07) is 21.4. The van der Waals surface area contributed by atoms with E-state index in [2.05, 4.69) is 10.5 Å². The Morgan fingerprint density at radius 3 is 2.65 bits per heavy atom. The molecule has 3 aromatic carbocycles.